The molecule has 1 fully saturated rings. The highest BCUT2D eigenvalue weighted by molar-refractivity contribution is 5.75. The van der Waals surface area contributed by atoms with Gasteiger partial charge in [0.05, 0.1) is 18.4 Å². The van der Waals surface area contributed by atoms with Crippen LogP contribution in [-0.4, -0.2) is 46.5 Å². The molecule has 2 N–H and O–H groups in total. The summed E-state index contributed by atoms with van der Waals surface area (Å²) in [5, 5.41) is 0. The fraction of sp³-hybridized carbons (Fsp3) is 0.583. The molecule has 18 heavy (non-hydrogen) atoms. The average molecular weight is 250 g/mol. The van der Waals surface area contributed by atoms with Gasteiger partial charge in [-0.05, 0) is 19.8 Å². The van der Waals surface area contributed by atoms with Gasteiger partial charge in [-0.15, -0.1) is 0 Å². The second-order valence-corrected chi connectivity index (χ2v) is 4.56. The SMILES string of the molecule is Cc1cncc(OC2CCN(CC(N)=O)CC2)n1. The summed E-state index contributed by atoms with van der Waals surface area (Å²) in [5.41, 5.74) is 6.01. The predicted molar refractivity (Wildman–Crippen MR) is 66.1 cm³/mol. The van der Waals surface area contributed by atoms with Gasteiger partial charge in [0, 0.05) is 19.3 Å². The second kappa shape index (κ2) is 5.77. The molecule has 0 spiro atoms. The third kappa shape index (κ3) is 3.66. The number of aromatic nitrogens is 2. The van der Waals surface area contributed by atoms with E-state index in [1.54, 1.807) is 12.4 Å². The number of amides is 1. The first-order chi connectivity index (χ1) is 8.63. The highest BCUT2D eigenvalue weighted by Gasteiger charge is 2.21. The molecule has 0 bridgehead atoms. The molecule has 1 amide bonds. The van der Waals surface area contributed by atoms with Crippen LogP contribution in [0.5, 0.6) is 5.88 Å². The molecule has 1 aliphatic heterocycles. The van der Waals surface area contributed by atoms with Crippen LogP contribution in [0.4, 0.5) is 0 Å². The van der Waals surface area contributed by atoms with Crippen molar-refractivity contribution in [1.82, 2.24) is 14.9 Å². The summed E-state index contributed by atoms with van der Waals surface area (Å²) in [6, 6.07) is 0. The van der Waals surface area contributed by atoms with E-state index in [0.717, 1.165) is 31.6 Å². The van der Waals surface area contributed by atoms with E-state index in [9.17, 15) is 4.79 Å². The normalized spacial score (nSPS) is 17.6. The van der Waals surface area contributed by atoms with Crippen LogP contribution in [0.1, 0.15) is 18.5 Å². The number of carbonyl (C=O) groups is 1. The van der Waals surface area contributed by atoms with Crippen LogP contribution in [0.2, 0.25) is 0 Å². The van der Waals surface area contributed by atoms with E-state index in [0.29, 0.717) is 12.4 Å². The first kappa shape index (κ1) is 12.8. The Kier molecular flexibility index (Phi) is 4.09. The smallest absolute Gasteiger partial charge is 0.232 e. The number of carbonyl (C=O) groups excluding carboxylic acids is 1. The van der Waals surface area contributed by atoms with E-state index < -0.39 is 0 Å². The van der Waals surface area contributed by atoms with Crippen molar-refractivity contribution in [3.8, 4) is 5.88 Å². The van der Waals surface area contributed by atoms with Crippen molar-refractivity contribution in [1.29, 1.82) is 0 Å². The minimum absolute atomic E-state index is 0.144. The lowest BCUT2D eigenvalue weighted by Gasteiger charge is -2.30. The molecule has 6 heteroatoms. The molecule has 0 aromatic carbocycles. The number of likely N-dealkylation sites (tertiary alicyclic amines) is 1. The maximum atomic E-state index is 10.8. The van der Waals surface area contributed by atoms with E-state index in [1.165, 1.54) is 0 Å². The Bertz CT molecular complexity index is 416. The zero-order valence-corrected chi connectivity index (χ0v) is 10.5. The Morgan fingerprint density at radius 1 is 1.50 bits per heavy atom. The molecule has 1 aromatic heterocycles. The van der Waals surface area contributed by atoms with Crippen LogP contribution in [0.3, 0.4) is 0 Å². The van der Waals surface area contributed by atoms with Crippen LogP contribution in [0.25, 0.3) is 0 Å². The number of rotatable bonds is 4. The Hall–Kier alpha value is -1.69. The van der Waals surface area contributed by atoms with Gasteiger partial charge in [-0.2, -0.15) is 0 Å². The van der Waals surface area contributed by atoms with Crippen molar-refractivity contribution < 1.29 is 9.53 Å². The van der Waals surface area contributed by atoms with Crippen molar-refractivity contribution in [3.63, 3.8) is 0 Å². The summed E-state index contributed by atoms with van der Waals surface area (Å²) in [6.45, 7) is 3.87. The van der Waals surface area contributed by atoms with E-state index in [-0.39, 0.29) is 12.0 Å². The molecule has 1 aliphatic rings. The minimum Gasteiger partial charge on any atom is -0.473 e. The Labute approximate surface area is 106 Å². The summed E-state index contributed by atoms with van der Waals surface area (Å²) in [6.07, 6.45) is 5.22. The molecule has 0 radical (unpaired) electrons. The lowest BCUT2D eigenvalue weighted by molar-refractivity contribution is -0.119. The molecule has 0 aliphatic carbocycles. The lowest BCUT2D eigenvalue weighted by Crippen LogP contribution is -2.42. The van der Waals surface area contributed by atoms with Gasteiger partial charge < -0.3 is 10.5 Å². The van der Waals surface area contributed by atoms with Gasteiger partial charge in [-0.1, -0.05) is 0 Å². The molecule has 2 heterocycles. The van der Waals surface area contributed by atoms with Crippen LogP contribution in [0, 0.1) is 6.92 Å². The van der Waals surface area contributed by atoms with Crippen molar-refractivity contribution >= 4 is 5.91 Å². The number of ether oxygens (including phenoxy) is 1. The van der Waals surface area contributed by atoms with Crippen LogP contribution in [0.15, 0.2) is 12.4 Å². The molecule has 1 aromatic rings. The number of hydrogen-bond acceptors (Lipinski definition) is 5. The average Bonchev–Trinajstić information content (AvgIpc) is 2.31. The van der Waals surface area contributed by atoms with Gasteiger partial charge >= 0.3 is 0 Å². The van der Waals surface area contributed by atoms with Crippen LogP contribution >= 0.6 is 0 Å². The third-order valence-corrected chi connectivity index (χ3v) is 2.93. The standard InChI is InChI=1S/C12H18N4O2/c1-9-6-14-7-12(15-9)18-10-2-4-16(5-3-10)8-11(13)17/h6-7,10H,2-5,8H2,1H3,(H2,13,17). The largest absolute Gasteiger partial charge is 0.473 e. The van der Waals surface area contributed by atoms with Gasteiger partial charge in [0.25, 0.3) is 0 Å². The number of nitrogens with two attached hydrogens (primary N) is 1. The first-order valence-electron chi connectivity index (χ1n) is 6.09. The Balaban J connectivity index is 1.81. The van der Waals surface area contributed by atoms with Crippen molar-refractivity contribution in [3.05, 3.63) is 18.1 Å². The fourth-order valence-corrected chi connectivity index (χ4v) is 2.07. The number of piperidine rings is 1. The highest BCUT2D eigenvalue weighted by Crippen LogP contribution is 2.16. The quantitative estimate of drug-likeness (QED) is 0.820. The Morgan fingerprint density at radius 3 is 2.83 bits per heavy atom. The maximum Gasteiger partial charge on any atom is 0.232 e. The summed E-state index contributed by atoms with van der Waals surface area (Å²) >= 11 is 0. The molecular formula is C12H18N4O2. The number of nitrogens with zero attached hydrogens (tertiary/aromatic N) is 3. The van der Waals surface area contributed by atoms with Crippen molar-refractivity contribution in [2.45, 2.75) is 25.9 Å². The number of primary amides is 1. The van der Waals surface area contributed by atoms with Crippen LogP contribution < -0.4 is 10.5 Å². The molecule has 0 unspecified atom stereocenters. The van der Waals surface area contributed by atoms with E-state index in [4.69, 9.17) is 10.5 Å². The fourth-order valence-electron chi connectivity index (χ4n) is 2.07. The summed E-state index contributed by atoms with van der Waals surface area (Å²) in [7, 11) is 0. The molecule has 2 rings (SSSR count). The number of hydrogen-bond donors (Lipinski definition) is 1. The molecule has 98 valence electrons. The topological polar surface area (TPSA) is 81.3 Å². The zero-order valence-electron chi connectivity index (χ0n) is 10.5. The zero-order chi connectivity index (χ0) is 13.0. The van der Waals surface area contributed by atoms with E-state index in [1.807, 2.05) is 11.8 Å². The van der Waals surface area contributed by atoms with Gasteiger partial charge in [0.2, 0.25) is 11.8 Å². The van der Waals surface area contributed by atoms with Gasteiger partial charge in [0.1, 0.15) is 6.10 Å². The Morgan fingerprint density at radius 2 is 2.22 bits per heavy atom. The minimum atomic E-state index is -0.279. The monoisotopic (exact) mass is 250 g/mol. The molecule has 0 saturated carbocycles. The molecule has 1 saturated heterocycles. The summed E-state index contributed by atoms with van der Waals surface area (Å²) < 4.78 is 5.77. The van der Waals surface area contributed by atoms with Gasteiger partial charge in [-0.25, -0.2) is 4.98 Å². The predicted octanol–water partition coefficient (Wildman–Crippen LogP) is 0.114. The van der Waals surface area contributed by atoms with Crippen molar-refractivity contribution in [2.75, 3.05) is 19.6 Å². The van der Waals surface area contributed by atoms with Crippen LogP contribution in [-0.2, 0) is 4.79 Å². The van der Waals surface area contributed by atoms with Gasteiger partial charge in [0.15, 0.2) is 0 Å². The molecular weight excluding hydrogens is 232 g/mol. The maximum absolute atomic E-state index is 10.8. The van der Waals surface area contributed by atoms with Gasteiger partial charge in [-0.3, -0.25) is 14.7 Å². The second-order valence-electron chi connectivity index (χ2n) is 4.56. The number of aryl methyl sites for hydroxylation is 1. The third-order valence-electron chi connectivity index (χ3n) is 2.93. The molecule has 0 atom stereocenters. The van der Waals surface area contributed by atoms with Crippen molar-refractivity contribution in [2.24, 2.45) is 5.73 Å². The van der Waals surface area contributed by atoms with E-state index in [2.05, 4.69) is 9.97 Å². The summed E-state index contributed by atoms with van der Waals surface area (Å²) in [5.74, 6) is 0.294. The lowest BCUT2D eigenvalue weighted by atomic mass is 10.1. The first-order valence-corrected chi connectivity index (χ1v) is 6.09. The highest BCUT2D eigenvalue weighted by atomic mass is 16.5. The van der Waals surface area contributed by atoms with E-state index >= 15 is 0 Å². The summed E-state index contributed by atoms with van der Waals surface area (Å²) in [4.78, 5) is 21.2. The molecule has 6 nitrogen and oxygen atoms in total.